The molecule has 4 N–H and O–H groups in total. The zero-order chi connectivity index (χ0) is 15.4. The quantitative estimate of drug-likeness (QED) is 0.741. The van der Waals surface area contributed by atoms with Crippen molar-refractivity contribution in [1.29, 1.82) is 0 Å². The number of rotatable bonds is 4. The van der Waals surface area contributed by atoms with Crippen molar-refractivity contribution in [1.82, 2.24) is 5.32 Å². The molecule has 0 atom stereocenters. The number of halogens is 1. The molecule has 0 heterocycles. The number of hydrogen-bond donors (Lipinski definition) is 3. The molecule has 6 heteroatoms. The molecule has 0 radical (unpaired) electrons. The lowest BCUT2D eigenvalue weighted by atomic mass is 9.82. The Kier molecular flexibility index (Phi) is 4.77. The Morgan fingerprint density at radius 2 is 1.95 bits per heavy atom. The van der Waals surface area contributed by atoms with Crippen LogP contribution in [0.5, 0.6) is 0 Å². The molecule has 21 heavy (non-hydrogen) atoms. The topological polar surface area (TPSA) is 92.4 Å². The Morgan fingerprint density at radius 1 is 1.29 bits per heavy atom. The van der Waals surface area contributed by atoms with Gasteiger partial charge in [-0.2, -0.15) is 0 Å². The van der Waals surface area contributed by atoms with E-state index in [1.807, 2.05) is 0 Å². The van der Waals surface area contributed by atoms with Crippen molar-refractivity contribution >= 4 is 17.6 Å². The van der Waals surface area contributed by atoms with Gasteiger partial charge in [0.05, 0.1) is 17.2 Å². The standard InChI is InChI=1S/C15H19FN2O3/c16-12-3-1-2-11(13(12)17)14(19)18-8-9-4-6-10(7-5-9)15(20)21/h1-3,9-10H,4-8,17H2,(H,18,19)(H,20,21). The van der Waals surface area contributed by atoms with Gasteiger partial charge in [-0.3, -0.25) is 9.59 Å². The van der Waals surface area contributed by atoms with Gasteiger partial charge in [0.1, 0.15) is 5.82 Å². The van der Waals surface area contributed by atoms with Crippen LogP contribution in [0.15, 0.2) is 18.2 Å². The van der Waals surface area contributed by atoms with Crippen LogP contribution in [-0.2, 0) is 4.79 Å². The molecule has 0 aliphatic heterocycles. The molecular formula is C15H19FN2O3. The van der Waals surface area contributed by atoms with E-state index in [1.54, 1.807) is 0 Å². The second-order valence-electron chi connectivity index (χ2n) is 5.47. The second kappa shape index (κ2) is 6.56. The van der Waals surface area contributed by atoms with E-state index in [1.165, 1.54) is 18.2 Å². The number of aliphatic carboxylic acids is 1. The summed E-state index contributed by atoms with van der Waals surface area (Å²) < 4.78 is 13.3. The third-order valence-electron chi connectivity index (χ3n) is 4.04. The first-order valence-electron chi connectivity index (χ1n) is 7.04. The number of benzene rings is 1. The van der Waals surface area contributed by atoms with Crippen molar-refractivity contribution in [2.24, 2.45) is 11.8 Å². The summed E-state index contributed by atoms with van der Waals surface area (Å²) in [6, 6.07) is 4.13. The molecule has 0 spiro atoms. The highest BCUT2D eigenvalue weighted by Gasteiger charge is 2.26. The van der Waals surface area contributed by atoms with Gasteiger partial charge in [0.25, 0.3) is 5.91 Å². The van der Waals surface area contributed by atoms with E-state index in [2.05, 4.69) is 5.32 Å². The predicted molar refractivity (Wildman–Crippen MR) is 76.2 cm³/mol. The van der Waals surface area contributed by atoms with Crippen LogP contribution < -0.4 is 11.1 Å². The zero-order valence-corrected chi connectivity index (χ0v) is 11.6. The predicted octanol–water partition coefficient (Wildman–Crippen LogP) is 2.03. The average Bonchev–Trinajstić information content (AvgIpc) is 2.48. The summed E-state index contributed by atoms with van der Waals surface area (Å²) in [7, 11) is 0. The Hall–Kier alpha value is -2.11. The highest BCUT2D eigenvalue weighted by atomic mass is 19.1. The lowest BCUT2D eigenvalue weighted by molar-refractivity contribution is -0.143. The van der Waals surface area contributed by atoms with Gasteiger partial charge in [-0.15, -0.1) is 0 Å². The molecule has 5 nitrogen and oxygen atoms in total. The van der Waals surface area contributed by atoms with E-state index in [0.717, 1.165) is 12.8 Å². The molecule has 1 aliphatic carbocycles. The number of nitrogens with one attached hydrogen (secondary N) is 1. The molecule has 0 aromatic heterocycles. The van der Waals surface area contributed by atoms with Gasteiger partial charge in [-0.1, -0.05) is 6.07 Å². The summed E-state index contributed by atoms with van der Waals surface area (Å²) in [5.41, 5.74) is 5.53. The second-order valence-corrected chi connectivity index (χ2v) is 5.47. The molecule has 1 fully saturated rings. The van der Waals surface area contributed by atoms with Gasteiger partial charge in [0, 0.05) is 6.54 Å². The average molecular weight is 294 g/mol. The number of nitrogens with two attached hydrogens (primary N) is 1. The van der Waals surface area contributed by atoms with Gasteiger partial charge in [-0.25, -0.2) is 4.39 Å². The molecular weight excluding hydrogens is 275 g/mol. The van der Waals surface area contributed by atoms with Gasteiger partial charge < -0.3 is 16.2 Å². The lowest BCUT2D eigenvalue weighted by Crippen LogP contribution is -2.32. The Bertz CT molecular complexity index is 540. The summed E-state index contributed by atoms with van der Waals surface area (Å²) in [6.07, 6.45) is 2.82. The van der Waals surface area contributed by atoms with Crippen molar-refractivity contribution in [2.75, 3.05) is 12.3 Å². The van der Waals surface area contributed by atoms with Gasteiger partial charge >= 0.3 is 5.97 Å². The first-order valence-corrected chi connectivity index (χ1v) is 7.04. The number of nitrogen functional groups attached to an aromatic ring is 1. The van der Waals surface area contributed by atoms with E-state index < -0.39 is 17.7 Å². The van der Waals surface area contributed by atoms with Crippen LogP contribution >= 0.6 is 0 Å². The first kappa shape index (κ1) is 15.3. The number of carboxylic acids is 1. The van der Waals surface area contributed by atoms with Crippen LogP contribution in [0.4, 0.5) is 10.1 Å². The molecule has 0 bridgehead atoms. The normalized spacial score (nSPS) is 21.8. The third kappa shape index (κ3) is 3.71. The van der Waals surface area contributed by atoms with Crippen LogP contribution in [-0.4, -0.2) is 23.5 Å². The van der Waals surface area contributed by atoms with Crippen LogP contribution in [0.2, 0.25) is 0 Å². The summed E-state index contributed by atoms with van der Waals surface area (Å²) in [5.74, 6) is -1.75. The SMILES string of the molecule is Nc1c(F)cccc1C(=O)NCC1CCC(C(=O)O)CC1. The molecule has 114 valence electrons. The van der Waals surface area contributed by atoms with E-state index >= 15 is 0 Å². The summed E-state index contributed by atoms with van der Waals surface area (Å²) in [5, 5.41) is 11.7. The zero-order valence-electron chi connectivity index (χ0n) is 11.6. The van der Waals surface area contributed by atoms with Gasteiger partial charge in [-0.05, 0) is 43.7 Å². The number of hydrogen-bond acceptors (Lipinski definition) is 3. The number of amides is 1. The van der Waals surface area contributed by atoms with Crippen molar-refractivity contribution in [3.05, 3.63) is 29.6 Å². The fourth-order valence-corrected chi connectivity index (χ4v) is 2.68. The van der Waals surface area contributed by atoms with E-state index in [9.17, 15) is 14.0 Å². The van der Waals surface area contributed by atoms with Gasteiger partial charge in [0.15, 0.2) is 0 Å². The van der Waals surface area contributed by atoms with E-state index in [4.69, 9.17) is 10.8 Å². The molecule has 0 saturated heterocycles. The Labute approximate surface area is 122 Å². The molecule has 0 unspecified atom stereocenters. The van der Waals surface area contributed by atoms with Crippen LogP contribution in [0.1, 0.15) is 36.0 Å². The van der Waals surface area contributed by atoms with Crippen molar-refractivity contribution in [3.63, 3.8) is 0 Å². The molecule has 1 aromatic rings. The fourth-order valence-electron chi connectivity index (χ4n) is 2.68. The summed E-state index contributed by atoms with van der Waals surface area (Å²) >= 11 is 0. The third-order valence-corrected chi connectivity index (χ3v) is 4.04. The maximum Gasteiger partial charge on any atom is 0.306 e. The monoisotopic (exact) mass is 294 g/mol. The fraction of sp³-hybridized carbons (Fsp3) is 0.467. The lowest BCUT2D eigenvalue weighted by Gasteiger charge is -2.26. The maximum absolute atomic E-state index is 13.3. The van der Waals surface area contributed by atoms with Crippen molar-refractivity contribution in [3.8, 4) is 0 Å². The van der Waals surface area contributed by atoms with Crippen LogP contribution in [0.3, 0.4) is 0 Å². The maximum atomic E-state index is 13.3. The number of carboxylic acid groups (broad SMARTS) is 1. The van der Waals surface area contributed by atoms with E-state index in [-0.39, 0.29) is 23.1 Å². The number of anilines is 1. The molecule has 1 saturated carbocycles. The minimum atomic E-state index is -0.745. The minimum Gasteiger partial charge on any atom is -0.481 e. The molecule has 1 aromatic carbocycles. The molecule has 1 amide bonds. The van der Waals surface area contributed by atoms with Crippen LogP contribution in [0.25, 0.3) is 0 Å². The Balaban J connectivity index is 1.85. The van der Waals surface area contributed by atoms with E-state index in [0.29, 0.717) is 19.4 Å². The number of para-hydroxylation sites is 1. The summed E-state index contributed by atoms with van der Waals surface area (Å²) in [6.45, 7) is 0.459. The smallest absolute Gasteiger partial charge is 0.306 e. The summed E-state index contributed by atoms with van der Waals surface area (Å²) in [4.78, 5) is 22.8. The molecule has 2 rings (SSSR count). The van der Waals surface area contributed by atoms with Gasteiger partial charge in [0.2, 0.25) is 0 Å². The highest BCUT2D eigenvalue weighted by Crippen LogP contribution is 2.28. The first-order chi connectivity index (χ1) is 9.99. The minimum absolute atomic E-state index is 0.134. The molecule has 1 aliphatic rings. The van der Waals surface area contributed by atoms with Crippen molar-refractivity contribution in [2.45, 2.75) is 25.7 Å². The number of carbonyl (C=O) groups excluding carboxylic acids is 1. The van der Waals surface area contributed by atoms with Crippen molar-refractivity contribution < 1.29 is 19.1 Å². The number of carbonyl (C=O) groups is 2. The van der Waals surface area contributed by atoms with Crippen LogP contribution in [0, 0.1) is 17.7 Å². The Morgan fingerprint density at radius 3 is 2.57 bits per heavy atom. The highest BCUT2D eigenvalue weighted by molar-refractivity contribution is 5.99. The largest absolute Gasteiger partial charge is 0.481 e.